The van der Waals surface area contributed by atoms with Gasteiger partial charge in [0.15, 0.2) is 11.6 Å². The normalized spacial score (nSPS) is 12.5. The zero-order valence-electron chi connectivity index (χ0n) is 19.1. The topological polar surface area (TPSA) is 112 Å². The molecule has 0 fully saturated rings. The second-order valence-corrected chi connectivity index (χ2v) is 9.91. The first-order chi connectivity index (χ1) is 16.7. The van der Waals surface area contributed by atoms with Crippen LogP contribution in [0.3, 0.4) is 0 Å². The summed E-state index contributed by atoms with van der Waals surface area (Å²) in [6.07, 6.45) is 0. The Kier molecular flexibility index (Phi) is 5.19. The fourth-order valence-electron chi connectivity index (χ4n) is 4.56. The molecule has 0 saturated carbocycles. The van der Waals surface area contributed by atoms with Gasteiger partial charge in [0.05, 0.1) is 34.3 Å². The lowest BCUT2D eigenvalue weighted by molar-refractivity contribution is 0.101. The molecule has 35 heavy (non-hydrogen) atoms. The second-order valence-electron chi connectivity index (χ2n) is 8.20. The largest absolute Gasteiger partial charge is 0.355 e. The first kappa shape index (κ1) is 22.7. The van der Waals surface area contributed by atoms with E-state index < -0.39 is 15.7 Å². The van der Waals surface area contributed by atoms with E-state index in [0.29, 0.717) is 44.5 Å². The molecule has 1 aliphatic rings. The van der Waals surface area contributed by atoms with Gasteiger partial charge in [-0.2, -0.15) is 8.42 Å². The average molecular weight is 489 g/mol. The molecule has 0 saturated heterocycles. The minimum absolute atomic E-state index is 0.00112. The third-order valence-electron chi connectivity index (χ3n) is 6.22. The number of carbonyl (C=O) groups excluding carboxylic acids is 2. The summed E-state index contributed by atoms with van der Waals surface area (Å²) in [5, 5.41) is 3.71. The number of hydrogen-bond acceptors (Lipinski definition) is 7. The maximum Gasteiger partial charge on any atom is 0.296 e. The van der Waals surface area contributed by atoms with E-state index in [1.165, 1.54) is 23.6 Å². The zero-order chi connectivity index (χ0) is 25.1. The minimum Gasteiger partial charge on any atom is -0.355 e. The molecule has 0 radical (unpaired) electrons. The number of rotatable bonds is 5. The summed E-state index contributed by atoms with van der Waals surface area (Å²) in [6, 6.07) is 16.3. The molecule has 176 valence electrons. The van der Waals surface area contributed by atoms with Gasteiger partial charge in [-0.3, -0.25) is 18.6 Å². The van der Waals surface area contributed by atoms with Crippen molar-refractivity contribution < 1.29 is 22.2 Å². The molecule has 0 aliphatic heterocycles. The Hall–Kier alpha value is -4.08. The summed E-state index contributed by atoms with van der Waals surface area (Å²) < 4.78 is 29.8. The van der Waals surface area contributed by atoms with Gasteiger partial charge in [-0.1, -0.05) is 24.3 Å². The van der Waals surface area contributed by atoms with E-state index >= 15 is 0 Å². The highest BCUT2D eigenvalue weighted by molar-refractivity contribution is 7.86. The maximum absolute atomic E-state index is 13.7. The Balaban J connectivity index is 1.79. The average Bonchev–Trinajstić information content (AvgIpc) is 2.85. The molecule has 1 N–H and O–H groups in total. The fraction of sp³-hybridized carbons (Fsp3) is 0.115. The number of nitrogens with zero attached hydrogens (tertiary/aromatic N) is 1. The predicted octanol–water partition coefficient (Wildman–Crippen LogP) is 4.03. The lowest BCUT2D eigenvalue weighted by Crippen LogP contribution is -2.27. The maximum atomic E-state index is 13.7. The van der Waals surface area contributed by atoms with Crippen LogP contribution in [0.1, 0.15) is 33.2 Å². The van der Waals surface area contributed by atoms with Crippen molar-refractivity contribution in [2.75, 3.05) is 12.4 Å². The molecule has 0 unspecified atom stereocenters. The van der Waals surface area contributed by atoms with Crippen molar-refractivity contribution in [3.05, 3.63) is 87.7 Å². The fourth-order valence-corrected chi connectivity index (χ4v) is 5.22. The van der Waals surface area contributed by atoms with Gasteiger partial charge in [-0.15, -0.1) is 0 Å². The van der Waals surface area contributed by atoms with Crippen molar-refractivity contribution in [3.63, 3.8) is 0 Å². The molecule has 1 heterocycles. The number of nitrogens with one attached hydrogen (secondary N) is 1. The van der Waals surface area contributed by atoms with Gasteiger partial charge < -0.3 is 9.88 Å². The Bertz CT molecular complexity index is 1730. The number of anilines is 2. The van der Waals surface area contributed by atoms with Crippen LogP contribution in [0, 0.1) is 0 Å². The molecule has 0 amide bonds. The molecule has 5 rings (SSSR count). The van der Waals surface area contributed by atoms with E-state index in [0.717, 1.165) is 7.11 Å². The summed E-state index contributed by atoms with van der Waals surface area (Å²) >= 11 is 0. The molecule has 9 heteroatoms. The van der Waals surface area contributed by atoms with Crippen molar-refractivity contribution in [2.45, 2.75) is 11.8 Å². The van der Waals surface area contributed by atoms with E-state index in [9.17, 15) is 22.8 Å². The Morgan fingerprint density at radius 3 is 2.20 bits per heavy atom. The summed E-state index contributed by atoms with van der Waals surface area (Å²) in [4.78, 5) is 39.4. The first-order valence-electron chi connectivity index (χ1n) is 10.7. The Labute approximate surface area is 200 Å². The van der Waals surface area contributed by atoms with Gasteiger partial charge in [0.25, 0.3) is 15.7 Å². The monoisotopic (exact) mass is 488 g/mol. The number of aromatic nitrogens is 1. The molecule has 0 bridgehead atoms. The minimum atomic E-state index is -3.84. The number of benzene rings is 3. The molecule has 3 aromatic carbocycles. The molecule has 0 spiro atoms. The number of hydrogen-bond donors (Lipinski definition) is 1. The van der Waals surface area contributed by atoms with E-state index in [4.69, 9.17) is 0 Å². The van der Waals surface area contributed by atoms with E-state index in [2.05, 4.69) is 9.50 Å². The van der Waals surface area contributed by atoms with Crippen LogP contribution in [0.4, 0.5) is 11.4 Å². The van der Waals surface area contributed by atoms with Crippen molar-refractivity contribution in [3.8, 4) is 11.1 Å². The summed E-state index contributed by atoms with van der Waals surface area (Å²) in [5.41, 5.74) is 2.87. The van der Waals surface area contributed by atoms with Crippen LogP contribution in [-0.2, 0) is 21.3 Å². The van der Waals surface area contributed by atoms with Gasteiger partial charge in [0, 0.05) is 29.2 Å². The lowest BCUT2D eigenvalue weighted by atomic mass is 9.80. The molecule has 0 atom stereocenters. The van der Waals surface area contributed by atoms with Crippen LogP contribution in [0.5, 0.6) is 0 Å². The summed E-state index contributed by atoms with van der Waals surface area (Å²) in [6.45, 7) is 1.34. The quantitative estimate of drug-likeness (QED) is 0.294. The molecule has 1 aromatic heterocycles. The van der Waals surface area contributed by atoms with Crippen molar-refractivity contribution >= 4 is 44.0 Å². The number of ketones is 2. The van der Waals surface area contributed by atoms with Crippen LogP contribution in [0.15, 0.2) is 70.4 Å². The van der Waals surface area contributed by atoms with Crippen molar-refractivity contribution in [1.29, 1.82) is 0 Å². The smallest absolute Gasteiger partial charge is 0.296 e. The number of aryl methyl sites for hydroxylation is 1. The van der Waals surface area contributed by atoms with Crippen LogP contribution < -0.4 is 10.9 Å². The predicted molar refractivity (Wildman–Crippen MR) is 132 cm³/mol. The number of Topliss-reactive ketones (excluding diaryl/α,β-unsaturated/α-hetero) is 1. The van der Waals surface area contributed by atoms with E-state index in [1.54, 1.807) is 55.6 Å². The standard InChI is InChI=1S/C26H20N2O6S/c1-14(29)21-22-17-6-4-5-7-18(17)25(30)23-19(12-13-20(24(22)23)28(2)26(21)31)27-15-8-10-16(11-9-15)35(32,33)34-3/h4-13,27H,1-3H3. The number of fused-ring (bicyclic) bond motifs is 2. The second kappa shape index (κ2) is 8.00. The molecular weight excluding hydrogens is 468 g/mol. The van der Waals surface area contributed by atoms with Crippen LogP contribution in [-0.4, -0.2) is 31.7 Å². The Morgan fingerprint density at radius 1 is 0.914 bits per heavy atom. The van der Waals surface area contributed by atoms with E-state index in [-0.39, 0.29) is 22.0 Å². The van der Waals surface area contributed by atoms with Gasteiger partial charge in [0.2, 0.25) is 0 Å². The molecule has 1 aliphatic carbocycles. The van der Waals surface area contributed by atoms with Gasteiger partial charge in [-0.25, -0.2) is 0 Å². The third-order valence-corrected chi connectivity index (χ3v) is 7.51. The summed E-state index contributed by atoms with van der Waals surface area (Å²) in [7, 11) is -1.17. The third kappa shape index (κ3) is 3.39. The summed E-state index contributed by atoms with van der Waals surface area (Å²) in [5.74, 6) is -0.626. The first-order valence-corrected chi connectivity index (χ1v) is 12.1. The Morgan fingerprint density at radius 2 is 1.57 bits per heavy atom. The molecule has 4 aromatic rings. The highest BCUT2D eigenvalue weighted by Crippen LogP contribution is 2.43. The van der Waals surface area contributed by atoms with E-state index in [1.807, 2.05) is 0 Å². The highest BCUT2D eigenvalue weighted by Gasteiger charge is 2.32. The lowest BCUT2D eigenvalue weighted by Gasteiger charge is -2.25. The van der Waals surface area contributed by atoms with Crippen LogP contribution >= 0.6 is 0 Å². The number of carbonyl (C=O) groups is 2. The van der Waals surface area contributed by atoms with Crippen LogP contribution in [0.25, 0.3) is 22.0 Å². The number of pyridine rings is 1. The highest BCUT2D eigenvalue weighted by atomic mass is 32.2. The van der Waals surface area contributed by atoms with Gasteiger partial charge in [-0.05, 0) is 48.9 Å². The SMILES string of the molecule is COS(=O)(=O)c1ccc(Nc2ccc3c4c2C(=O)c2ccccc2-c4c(C(C)=O)c(=O)n3C)cc1. The van der Waals surface area contributed by atoms with Crippen LogP contribution in [0.2, 0.25) is 0 Å². The molecule has 8 nitrogen and oxygen atoms in total. The molecular formula is C26H20N2O6S. The van der Waals surface area contributed by atoms with Crippen molar-refractivity contribution in [1.82, 2.24) is 4.57 Å². The zero-order valence-corrected chi connectivity index (χ0v) is 19.9. The van der Waals surface area contributed by atoms with Gasteiger partial charge >= 0.3 is 0 Å². The van der Waals surface area contributed by atoms with Crippen molar-refractivity contribution in [2.24, 2.45) is 7.05 Å². The van der Waals surface area contributed by atoms with Gasteiger partial charge in [0.1, 0.15) is 0 Å².